The molecule has 2 N–H and O–H groups in total. The van der Waals surface area contributed by atoms with Crippen molar-refractivity contribution in [3.8, 4) is 5.75 Å². The molecule has 0 aliphatic carbocycles. The number of carbonyl (C=O) groups is 1. The number of phenolic OH excluding ortho intramolecular Hbond substituents is 1. The Balaban J connectivity index is 2.16. The molecule has 0 atom stereocenters. The Hall–Kier alpha value is -2.20. The van der Waals surface area contributed by atoms with Gasteiger partial charge in [-0.25, -0.2) is 4.79 Å². The average Bonchev–Trinajstić information content (AvgIpc) is 2.49. The maximum atomic E-state index is 11.6. The monoisotopic (exact) mass is 305 g/mol. The van der Waals surface area contributed by atoms with Crippen LogP contribution in [0.15, 0.2) is 36.4 Å². The molecule has 0 aliphatic rings. The molecule has 0 aliphatic heterocycles. The Labute approximate surface area is 128 Å². The normalized spacial score (nSPS) is 10.2. The summed E-state index contributed by atoms with van der Waals surface area (Å²) in [5.74, 6) is -0.298. The largest absolute Gasteiger partial charge is 0.506 e. The molecule has 4 nitrogen and oxygen atoms in total. The van der Waals surface area contributed by atoms with Gasteiger partial charge in [0, 0.05) is 12.2 Å². The molecule has 0 spiro atoms. The van der Waals surface area contributed by atoms with Gasteiger partial charge in [-0.05, 0) is 42.3 Å². The summed E-state index contributed by atoms with van der Waals surface area (Å²) in [5.41, 5.74) is 3.14. The number of phenols is 1. The second-order valence-corrected chi connectivity index (χ2v) is 5.02. The molecule has 0 radical (unpaired) electrons. The molecule has 21 heavy (non-hydrogen) atoms. The number of nitrogens with one attached hydrogen (secondary N) is 1. The van der Waals surface area contributed by atoms with Gasteiger partial charge in [0.1, 0.15) is 5.75 Å². The number of benzene rings is 2. The van der Waals surface area contributed by atoms with Crippen LogP contribution in [0, 0.1) is 6.92 Å². The third kappa shape index (κ3) is 3.47. The maximum absolute atomic E-state index is 11.6. The highest BCUT2D eigenvalue weighted by Gasteiger charge is 2.11. The van der Waals surface area contributed by atoms with E-state index < -0.39 is 0 Å². The Morgan fingerprint density at radius 3 is 2.76 bits per heavy atom. The molecule has 0 unspecified atom stereocenters. The van der Waals surface area contributed by atoms with Crippen LogP contribution in [0.5, 0.6) is 5.75 Å². The van der Waals surface area contributed by atoms with E-state index in [2.05, 4.69) is 5.32 Å². The van der Waals surface area contributed by atoms with E-state index in [1.807, 2.05) is 13.0 Å². The maximum Gasteiger partial charge on any atom is 0.338 e. The number of anilines is 1. The summed E-state index contributed by atoms with van der Waals surface area (Å²) < 4.78 is 4.75. The van der Waals surface area contributed by atoms with Crippen molar-refractivity contribution in [2.24, 2.45) is 0 Å². The van der Waals surface area contributed by atoms with Gasteiger partial charge in [0.25, 0.3) is 0 Å². The van der Waals surface area contributed by atoms with Crippen LogP contribution in [0.3, 0.4) is 0 Å². The minimum Gasteiger partial charge on any atom is -0.506 e. The minimum atomic E-state index is -0.358. The molecule has 0 amide bonds. The number of methoxy groups -OCH3 is 1. The van der Waals surface area contributed by atoms with Crippen molar-refractivity contribution in [1.82, 2.24) is 0 Å². The smallest absolute Gasteiger partial charge is 0.338 e. The summed E-state index contributed by atoms with van der Waals surface area (Å²) in [5, 5.41) is 13.0. The number of halogens is 1. The zero-order valence-electron chi connectivity index (χ0n) is 11.8. The molecule has 0 saturated carbocycles. The SMILES string of the molecule is COC(=O)c1cccc(NCc2ccc(O)c(Cl)c2)c1C. The van der Waals surface area contributed by atoms with E-state index in [0.717, 1.165) is 16.8 Å². The van der Waals surface area contributed by atoms with E-state index in [9.17, 15) is 9.90 Å². The number of hydrogen-bond acceptors (Lipinski definition) is 4. The quantitative estimate of drug-likeness (QED) is 0.845. The van der Waals surface area contributed by atoms with Crippen molar-refractivity contribution in [3.63, 3.8) is 0 Å². The summed E-state index contributed by atoms with van der Waals surface area (Å²) in [7, 11) is 1.36. The number of esters is 1. The molecule has 2 rings (SSSR count). The summed E-state index contributed by atoms with van der Waals surface area (Å²) >= 11 is 5.87. The van der Waals surface area contributed by atoms with Gasteiger partial charge in [0.05, 0.1) is 17.7 Å². The third-order valence-electron chi connectivity index (χ3n) is 3.23. The number of hydrogen-bond donors (Lipinski definition) is 2. The lowest BCUT2D eigenvalue weighted by Crippen LogP contribution is -2.07. The van der Waals surface area contributed by atoms with Crippen molar-refractivity contribution < 1.29 is 14.6 Å². The Morgan fingerprint density at radius 1 is 1.33 bits per heavy atom. The van der Waals surface area contributed by atoms with E-state index in [1.165, 1.54) is 7.11 Å². The number of carbonyl (C=O) groups excluding carboxylic acids is 1. The molecule has 2 aromatic carbocycles. The highest BCUT2D eigenvalue weighted by Crippen LogP contribution is 2.25. The van der Waals surface area contributed by atoms with Gasteiger partial charge in [0.15, 0.2) is 0 Å². The molecule has 0 bridgehead atoms. The average molecular weight is 306 g/mol. The van der Waals surface area contributed by atoms with Crippen LogP contribution in [0.2, 0.25) is 5.02 Å². The van der Waals surface area contributed by atoms with Crippen LogP contribution in [-0.2, 0) is 11.3 Å². The predicted molar refractivity (Wildman–Crippen MR) is 83.0 cm³/mol. The lowest BCUT2D eigenvalue weighted by molar-refractivity contribution is 0.0600. The van der Waals surface area contributed by atoms with Crippen molar-refractivity contribution >= 4 is 23.3 Å². The van der Waals surface area contributed by atoms with Crippen molar-refractivity contribution in [1.29, 1.82) is 0 Å². The van der Waals surface area contributed by atoms with Crippen molar-refractivity contribution in [2.45, 2.75) is 13.5 Å². The molecular formula is C16H16ClNO3. The van der Waals surface area contributed by atoms with Gasteiger partial charge in [-0.1, -0.05) is 23.7 Å². The lowest BCUT2D eigenvalue weighted by Gasteiger charge is -2.12. The molecule has 0 fully saturated rings. The van der Waals surface area contributed by atoms with Crippen LogP contribution < -0.4 is 5.32 Å². The van der Waals surface area contributed by atoms with Crippen LogP contribution >= 0.6 is 11.6 Å². The fourth-order valence-electron chi connectivity index (χ4n) is 2.02. The number of ether oxygens (including phenoxy) is 1. The Morgan fingerprint density at radius 2 is 2.10 bits per heavy atom. The van der Waals surface area contributed by atoms with Gasteiger partial charge >= 0.3 is 5.97 Å². The van der Waals surface area contributed by atoms with E-state index in [-0.39, 0.29) is 11.7 Å². The highest BCUT2D eigenvalue weighted by molar-refractivity contribution is 6.32. The Kier molecular flexibility index (Phi) is 4.70. The van der Waals surface area contributed by atoms with E-state index >= 15 is 0 Å². The van der Waals surface area contributed by atoms with Gasteiger partial charge in [-0.3, -0.25) is 0 Å². The lowest BCUT2D eigenvalue weighted by atomic mass is 10.1. The molecular weight excluding hydrogens is 290 g/mol. The third-order valence-corrected chi connectivity index (χ3v) is 3.54. The zero-order chi connectivity index (χ0) is 15.4. The van der Waals surface area contributed by atoms with Crippen molar-refractivity contribution in [2.75, 3.05) is 12.4 Å². The van der Waals surface area contributed by atoms with Crippen LogP contribution in [0.1, 0.15) is 21.5 Å². The molecule has 0 heterocycles. The number of aromatic hydroxyl groups is 1. The van der Waals surface area contributed by atoms with Gasteiger partial charge in [-0.2, -0.15) is 0 Å². The minimum absolute atomic E-state index is 0.0595. The standard InChI is InChI=1S/C16H16ClNO3/c1-10-12(16(20)21-2)4-3-5-14(10)18-9-11-6-7-15(19)13(17)8-11/h3-8,18-19H,9H2,1-2H3. The fourth-order valence-corrected chi connectivity index (χ4v) is 2.22. The molecule has 2 aromatic rings. The summed E-state index contributed by atoms with van der Waals surface area (Å²) in [6, 6.07) is 10.5. The second kappa shape index (κ2) is 6.50. The molecule has 110 valence electrons. The van der Waals surface area contributed by atoms with Gasteiger partial charge < -0.3 is 15.2 Å². The van der Waals surface area contributed by atoms with Crippen LogP contribution in [0.25, 0.3) is 0 Å². The molecule has 5 heteroatoms. The Bertz CT molecular complexity index is 671. The van der Waals surface area contributed by atoms with E-state index in [4.69, 9.17) is 16.3 Å². The molecule has 0 saturated heterocycles. The summed E-state index contributed by atoms with van der Waals surface area (Å²) in [6.45, 7) is 2.39. The van der Waals surface area contributed by atoms with Gasteiger partial charge in [-0.15, -0.1) is 0 Å². The second-order valence-electron chi connectivity index (χ2n) is 4.61. The van der Waals surface area contributed by atoms with E-state index in [0.29, 0.717) is 17.1 Å². The molecule has 0 aromatic heterocycles. The van der Waals surface area contributed by atoms with Crippen molar-refractivity contribution in [3.05, 3.63) is 58.1 Å². The van der Waals surface area contributed by atoms with E-state index in [1.54, 1.807) is 30.3 Å². The summed E-state index contributed by atoms with van der Waals surface area (Å²) in [4.78, 5) is 11.6. The first kappa shape index (κ1) is 15.2. The van der Waals surface area contributed by atoms with Gasteiger partial charge in [0.2, 0.25) is 0 Å². The highest BCUT2D eigenvalue weighted by atomic mass is 35.5. The zero-order valence-corrected chi connectivity index (χ0v) is 12.6. The van der Waals surface area contributed by atoms with Crippen LogP contribution in [0.4, 0.5) is 5.69 Å². The topological polar surface area (TPSA) is 58.6 Å². The summed E-state index contributed by atoms with van der Waals surface area (Å²) in [6.07, 6.45) is 0. The predicted octanol–water partition coefficient (Wildman–Crippen LogP) is 3.75. The first-order valence-electron chi connectivity index (χ1n) is 6.42. The fraction of sp³-hybridized carbons (Fsp3) is 0.188. The number of rotatable bonds is 4. The first-order chi connectivity index (χ1) is 10.0. The van der Waals surface area contributed by atoms with Crippen LogP contribution in [-0.4, -0.2) is 18.2 Å². The first-order valence-corrected chi connectivity index (χ1v) is 6.80.